The van der Waals surface area contributed by atoms with E-state index in [9.17, 15) is 5.11 Å². The minimum atomic E-state index is 0.249. The van der Waals surface area contributed by atoms with Gasteiger partial charge in [-0.2, -0.15) is 0 Å². The highest BCUT2D eigenvalue weighted by molar-refractivity contribution is 5.44. The van der Waals surface area contributed by atoms with Gasteiger partial charge in [-0.3, -0.25) is 0 Å². The summed E-state index contributed by atoms with van der Waals surface area (Å²) in [5.74, 6) is 0.249. The molecule has 0 radical (unpaired) electrons. The van der Waals surface area contributed by atoms with E-state index in [4.69, 9.17) is 5.73 Å². The van der Waals surface area contributed by atoms with Crippen molar-refractivity contribution in [1.29, 1.82) is 0 Å². The molecule has 14 heavy (non-hydrogen) atoms. The normalized spacial score (nSPS) is 10.4. The van der Waals surface area contributed by atoms with Gasteiger partial charge < -0.3 is 15.4 Å². The minimum Gasteiger partial charge on any atom is -0.508 e. The molecule has 0 unspecified atom stereocenters. The van der Waals surface area contributed by atoms with Crippen LogP contribution in [0, 0.1) is 0 Å². The van der Waals surface area contributed by atoms with Crippen LogP contribution in [0.2, 0.25) is 0 Å². The first-order valence-corrected chi connectivity index (χ1v) is 4.46. The number of benzene rings is 1. The second-order valence-electron chi connectivity index (χ2n) is 3.11. The predicted octanol–water partition coefficient (Wildman–Crippen LogP) is 1.64. The fraction of sp³-hybridized carbons (Fsp3) is 0.0909. The van der Waals surface area contributed by atoms with Crippen LogP contribution in [0.25, 0.3) is 5.69 Å². The van der Waals surface area contributed by atoms with Crippen molar-refractivity contribution >= 4 is 0 Å². The lowest BCUT2D eigenvalue weighted by Gasteiger charge is -2.06. The molecule has 0 bridgehead atoms. The SMILES string of the molecule is NCc1ccc(-n2cccc2)cc1O. The fourth-order valence-electron chi connectivity index (χ4n) is 1.39. The second-order valence-corrected chi connectivity index (χ2v) is 3.11. The first kappa shape index (κ1) is 8.84. The highest BCUT2D eigenvalue weighted by Crippen LogP contribution is 2.20. The highest BCUT2D eigenvalue weighted by Gasteiger charge is 2.01. The van der Waals surface area contributed by atoms with Crippen molar-refractivity contribution in [3.05, 3.63) is 48.3 Å². The molecule has 0 aliphatic carbocycles. The summed E-state index contributed by atoms with van der Waals surface area (Å²) in [5.41, 5.74) is 7.15. The Morgan fingerprint density at radius 1 is 1.21 bits per heavy atom. The molecule has 2 rings (SSSR count). The molecule has 1 aromatic heterocycles. The van der Waals surface area contributed by atoms with Crippen molar-refractivity contribution in [2.24, 2.45) is 5.73 Å². The Balaban J connectivity index is 2.43. The lowest BCUT2D eigenvalue weighted by atomic mass is 10.2. The summed E-state index contributed by atoms with van der Waals surface area (Å²) in [4.78, 5) is 0. The number of phenolic OH excluding ortho intramolecular Hbond substituents is 1. The van der Waals surface area contributed by atoms with E-state index in [1.807, 2.05) is 41.2 Å². The number of nitrogens with two attached hydrogens (primary N) is 1. The molecular formula is C11H12N2O. The van der Waals surface area contributed by atoms with Crippen molar-refractivity contribution in [3.63, 3.8) is 0 Å². The molecule has 3 N–H and O–H groups in total. The smallest absolute Gasteiger partial charge is 0.122 e. The Labute approximate surface area is 82.4 Å². The third kappa shape index (κ3) is 1.49. The van der Waals surface area contributed by atoms with E-state index in [0.29, 0.717) is 6.54 Å². The zero-order valence-corrected chi connectivity index (χ0v) is 7.72. The van der Waals surface area contributed by atoms with Crippen LogP contribution in [-0.4, -0.2) is 9.67 Å². The summed E-state index contributed by atoms with van der Waals surface area (Å²) in [6.07, 6.45) is 3.85. The van der Waals surface area contributed by atoms with Crippen molar-refractivity contribution in [2.75, 3.05) is 0 Å². The molecular weight excluding hydrogens is 176 g/mol. The van der Waals surface area contributed by atoms with Crippen molar-refractivity contribution in [1.82, 2.24) is 4.57 Å². The topological polar surface area (TPSA) is 51.2 Å². The van der Waals surface area contributed by atoms with Gasteiger partial charge in [0.05, 0.1) is 0 Å². The summed E-state index contributed by atoms with van der Waals surface area (Å²) < 4.78 is 1.93. The van der Waals surface area contributed by atoms with E-state index in [2.05, 4.69) is 0 Å². The summed E-state index contributed by atoms with van der Waals surface area (Å²) in [6, 6.07) is 9.36. The molecule has 72 valence electrons. The van der Waals surface area contributed by atoms with Crippen molar-refractivity contribution in [3.8, 4) is 11.4 Å². The Kier molecular flexibility index (Phi) is 2.24. The number of rotatable bonds is 2. The first-order chi connectivity index (χ1) is 6.81. The molecule has 3 heteroatoms. The zero-order valence-electron chi connectivity index (χ0n) is 7.72. The fourth-order valence-corrected chi connectivity index (χ4v) is 1.39. The van der Waals surface area contributed by atoms with Gasteiger partial charge in [0.25, 0.3) is 0 Å². The summed E-state index contributed by atoms with van der Waals surface area (Å²) in [7, 11) is 0. The van der Waals surface area contributed by atoms with Gasteiger partial charge >= 0.3 is 0 Å². The first-order valence-electron chi connectivity index (χ1n) is 4.46. The summed E-state index contributed by atoms with van der Waals surface area (Å²) in [5, 5.41) is 9.60. The average Bonchev–Trinajstić information content (AvgIpc) is 2.70. The molecule has 0 atom stereocenters. The van der Waals surface area contributed by atoms with Crippen LogP contribution in [0.5, 0.6) is 5.75 Å². The van der Waals surface area contributed by atoms with Crippen LogP contribution in [-0.2, 0) is 6.54 Å². The standard InChI is InChI=1S/C11H12N2O/c12-8-9-3-4-10(7-11(9)14)13-5-1-2-6-13/h1-7,14H,8,12H2. The van der Waals surface area contributed by atoms with Gasteiger partial charge in [0.1, 0.15) is 5.75 Å². The Morgan fingerprint density at radius 2 is 1.93 bits per heavy atom. The summed E-state index contributed by atoms with van der Waals surface area (Å²) in [6.45, 7) is 0.359. The zero-order chi connectivity index (χ0) is 9.97. The maximum atomic E-state index is 9.60. The van der Waals surface area contributed by atoms with Crippen molar-refractivity contribution in [2.45, 2.75) is 6.54 Å². The van der Waals surface area contributed by atoms with Crippen LogP contribution >= 0.6 is 0 Å². The predicted molar refractivity (Wildman–Crippen MR) is 55.3 cm³/mol. The molecule has 0 saturated heterocycles. The maximum Gasteiger partial charge on any atom is 0.122 e. The molecule has 1 aromatic carbocycles. The maximum absolute atomic E-state index is 9.60. The third-order valence-electron chi connectivity index (χ3n) is 2.19. The van der Waals surface area contributed by atoms with Crippen LogP contribution in [0.1, 0.15) is 5.56 Å². The molecule has 0 spiro atoms. The molecule has 0 saturated carbocycles. The minimum absolute atomic E-state index is 0.249. The van der Waals surface area contributed by atoms with Gasteiger partial charge in [-0.25, -0.2) is 0 Å². The van der Waals surface area contributed by atoms with Crippen LogP contribution in [0.15, 0.2) is 42.7 Å². The molecule has 3 nitrogen and oxygen atoms in total. The number of hydrogen-bond donors (Lipinski definition) is 2. The molecule has 0 aliphatic heterocycles. The highest BCUT2D eigenvalue weighted by atomic mass is 16.3. The molecule has 0 amide bonds. The molecule has 1 heterocycles. The van der Waals surface area contributed by atoms with Crippen LogP contribution in [0.4, 0.5) is 0 Å². The quantitative estimate of drug-likeness (QED) is 0.752. The lowest BCUT2D eigenvalue weighted by molar-refractivity contribution is 0.468. The largest absolute Gasteiger partial charge is 0.508 e. The van der Waals surface area contributed by atoms with E-state index >= 15 is 0 Å². The van der Waals surface area contributed by atoms with Crippen LogP contribution < -0.4 is 5.73 Å². The van der Waals surface area contributed by atoms with E-state index in [-0.39, 0.29) is 5.75 Å². The van der Waals surface area contributed by atoms with Crippen LogP contribution in [0.3, 0.4) is 0 Å². The number of aromatic hydroxyl groups is 1. The monoisotopic (exact) mass is 188 g/mol. The van der Waals surface area contributed by atoms with E-state index < -0.39 is 0 Å². The van der Waals surface area contributed by atoms with Gasteiger partial charge in [0, 0.05) is 36.3 Å². The van der Waals surface area contributed by atoms with E-state index in [1.165, 1.54) is 0 Å². The number of aromatic nitrogens is 1. The third-order valence-corrected chi connectivity index (χ3v) is 2.19. The van der Waals surface area contributed by atoms with E-state index in [0.717, 1.165) is 11.3 Å². The van der Waals surface area contributed by atoms with Gasteiger partial charge in [0.2, 0.25) is 0 Å². The Morgan fingerprint density at radius 3 is 2.50 bits per heavy atom. The Bertz CT molecular complexity index is 421. The van der Waals surface area contributed by atoms with Gasteiger partial charge in [0.15, 0.2) is 0 Å². The molecule has 0 fully saturated rings. The number of hydrogen-bond acceptors (Lipinski definition) is 2. The van der Waals surface area contributed by atoms with E-state index in [1.54, 1.807) is 6.07 Å². The van der Waals surface area contributed by atoms with Gasteiger partial charge in [-0.15, -0.1) is 0 Å². The average molecular weight is 188 g/mol. The molecule has 0 aliphatic rings. The molecule has 2 aromatic rings. The second kappa shape index (κ2) is 3.55. The number of phenols is 1. The lowest BCUT2D eigenvalue weighted by Crippen LogP contribution is -1.97. The van der Waals surface area contributed by atoms with Crippen molar-refractivity contribution < 1.29 is 5.11 Å². The summed E-state index contributed by atoms with van der Waals surface area (Å²) >= 11 is 0. The Hall–Kier alpha value is -1.74. The van der Waals surface area contributed by atoms with Gasteiger partial charge in [-0.05, 0) is 18.2 Å². The van der Waals surface area contributed by atoms with Gasteiger partial charge in [-0.1, -0.05) is 6.07 Å². The number of nitrogens with zero attached hydrogens (tertiary/aromatic N) is 1.